The third kappa shape index (κ3) is 3.39. The summed E-state index contributed by atoms with van der Waals surface area (Å²) in [6.45, 7) is 0.508. The first-order valence-electron chi connectivity index (χ1n) is 7.00. The molecule has 0 aliphatic rings. The first-order chi connectivity index (χ1) is 11.3. The molecule has 2 heterocycles. The molecule has 0 amide bonds. The van der Waals surface area contributed by atoms with Crippen LogP contribution in [-0.2, 0) is 6.54 Å². The van der Waals surface area contributed by atoms with E-state index in [0.29, 0.717) is 29.9 Å². The summed E-state index contributed by atoms with van der Waals surface area (Å²) in [4.78, 5) is 8.53. The molecule has 23 heavy (non-hydrogen) atoms. The number of anilines is 1. The van der Waals surface area contributed by atoms with Crippen LogP contribution in [0.2, 0.25) is 0 Å². The molecule has 1 N–H and O–H groups in total. The van der Waals surface area contributed by atoms with E-state index in [2.05, 4.69) is 20.4 Å². The fourth-order valence-electron chi connectivity index (χ4n) is 2.06. The maximum Gasteiger partial charge on any atom is 0.322 e. The van der Waals surface area contributed by atoms with Gasteiger partial charge in [-0.1, -0.05) is 11.2 Å². The van der Waals surface area contributed by atoms with Gasteiger partial charge in [-0.2, -0.15) is 4.98 Å². The van der Waals surface area contributed by atoms with Crippen molar-refractivity contribution in [3.05, 3.63) is 48.3 Å². The second kappa shape index (κ2) is 6.78. The van der Waals surface area contributed by atoms with E-state index in [9.17, 15) is 0 Å². The van der Waals surface area contributed by atoms with E-state index in [1.807, 2.05) is 24.3 Å². The van der Waals surface area contributed by atoms with Gasteiger partial charge in [0.1, 0.15) is 0 Å². The Hall–Kier alpha value is -3.09. The van der Waals surface area contributed by atoms with Crippen LogP contribution in [0.5, 0.6) is 11.5 Å². The summed E-state index contributed by atoms with van der Waals surface area (Å²) in [5.41, 5.74) is 1.66. The SMILES string of the molecule is COc1ccc(-c2noc(NCc3ccccn3)n2)cc1OC. The average Bonchev–Trinajstić information content (AvgIpc) is 3.09. The molecule has 7 heteroatoms. The lowest BCUT2D eigenvalue weighted by atomic mass is 10.2. The predicted octanol–water partition coefficient (Wildman–Crippen LogP) is 2.76. The minimum atomic E-state index is 0.334. The first kappa shape index (κ1) is 14.8. The quantitative estimate of drug-likeness (QED) is 0.749. The molecular formula is C16H16N4O3. The summed E-state index contributed by atoms with van der Waals surface area (Å²) in [6, 6.07) is 11.5. The van der Waals surface area contributed by atoms with Crippen molar-refractivity contribution in [1.29, 1.82) is 0 Å². The molecule has 0 fully saturated rings. The van der Waals surface area contributed by atoms with Crippen molar-refractivity contribution < 1.29 is 14.0 Å². The number of benzene rings is 1. The predicted molar refractivity (Wildman–Crippen MR) is 84.4 cm³/mol. The third-order valence-electron chi connectivity index (χ3n) is 3.21. The Balaban J connectivity index is 1.74. The van der Waals surface area contributed by atoms with Crippen molar-refractivity contribution >= 4 is 6.01 Å². The Labute approximate surface area is 133 Å². The molecule has 0 saturated carbocycles. The van der Waals surface area contributed by atoms with Gasteiger partial charge in [0, 0.05) is 11.8 Å². The number of methoxy groups -OCH3 is 2. The molecule has 0 atom stereocenters. The van der Waals surface area contributed by atoms with Gasteiger partial charge in [0.25, 0.3) is 0 Å². The molecule has 3 aromatic rings. The maximum absolute atomic E-state index is 5.28. The third-order valence-corrected chi connectivity index (χ3v) is 3.21. The standard InChI is InChI=1S/C16H16N4O3/c1-21-13-7-6-11(9-14(13)22-2)15-19-16(23-20-15)18-10-12-5-3-4-8-17-12/h3-9H,10H2,1-2H3,(H,18,19,20). The molecule has 2 aromatic heterocycles. The van der Waals surface area contributed by atoms with Crippen molar-refractivity contribution in [2.45, 2.75) is 6.54 Å². The number of rotatable bonds is 6. The lowest BCUT2D eigenvalue weighted by Crippen LogP contribution is -2.01. The van der Waals surface area contributed by atoms with E-state index in [1.54, 1.807) is 32.5 Å². The molecule has 0 bridgehead atoms. The highest BCUT2D eigenvalue weighted by molar-refractivity contribution is 5.61. The van der Waals surface area contributed by atoms with E-state index in [-0.39, 0.29) is 0 Å². The van der Waals surface area contributed by atoms with Crippen LogP contribution in [0, 0.1) is 0 Å². The van der Waals surface area contributed by atoms with Gasteiger partial charge in [0.2, 0.25) is 5.82 Å². The second-order valence-corrected chi connectivity index (χ2v) is 4.67. The van der Waals surface area contributed by atoms with Crippen molar-refractivity contribution in [3.8, 4) is 22.9 Å². The monoisotopic (exact) mass is 312 g/mol. The molecule has 0 saturated heterocycles. The molecule has 0 unspecified atom stereocenters. The number of nitrogens with zero attached hydrogens (tertiary/aromatic N) is 3. The number of nitrogens with one attached hydrogen (secondary N) is 1. The van der Waals surface area contributed by atoms with Crippen LogP contribution in [0.4, 0.5) is 6.01 Å². The molecule has 7 nitrogen and oxygen atoms in total. The Morgan fingerprint density at radius 1 is 1.09 bits per heavy atom. The van der Waals surface area contributed by atoms with Gasteiger partial charge in [0.05, 0.1) is 26.5 Å². The van der Waals surface area contributed by atoms with Crippen LogP contribution >= 0.6 is 0 Å². The summed E-state index contributed by atoms with van der Waals surface area (Å²) in [7, 11) is 3.17. The molecular weight excluding hydrogens is 296 g/mol. The molecule has 1 aromatic carbocycles. The average molecular weight is 312 g/mol. The summed E-state index contributed by atoms with van der Waals surface area (Å²) in [5, 5.41) is 7.01. The van der Waals surface area contributed by atoms with Crippen LogP contribution in [0.15, 0.2) is 47.1 Å². The van der Waals surface area contributed by atoms with Crippen molar-refractivity contribution in [3.63, 3.8) is 0 Å². The van der Waals surface area contributed by atoms with E-state index < -0.39 is 0 Å². The Morgan fingerprint density at radius 2 is 1.96 bits per heavy atom. The number of aromatic nitrogens is 3. The molecule has 0 aliphatic heterocycles. The highest BCUT2D eigenvalue weighted by atomic mass is 16.5. The summed E-state index contributed by atoms with van der Waals surface area (Å²) in [5.74, 6) is 1.72. The van der Waals surface area contributed by atoms with Crippen molar-refractivity contribution in [2.75, 3.05) is 19.5 Å². The van der Waals surface area contributed by atoms with E-state index in [1.165, 1.54) is 0 Å². The van der Waals surface area contributed by atoms with Crippen LogP contribution in [0.3, 0.4) is 0 Å². The molecule has 0 spiro atoms. The highest BCUT2D eigenvalue weighted by Crippen LogP contribution is 2.31. The first-order valence-corrected chi connectivity index (χ1v) is 7.00. The van der Waals surface area contributed by atoms with E-state index in [0.717, 1.165) is 11.3 Å². The number of hydrogen-bond acceptors (Lipinski definition) is 7. The van der Waals surface area contributed by atoms with Crippen LogP contribution < -0.4 is 14.8 Å². The van der Waals surface area contributed by atoms with Gasteiger partial charge in [-0.3, -0.25) is 4.98 Å². The summed E-state index contributed by atoms with van der Waals surface area (Å²) in [6.07, 6.45) is 1.74. The zero-order chi connectivity index (χ0) is 16.1. The van der Waals surface area contributed by atoms with Crippen LogP contribution in [0.25, 0.3) is 11.4 Å². The molecule has 118 valence electrons. The molecule has 3 rings (SSSR count). The lowest BCUT2D eigenvalue weighted by molar-refractivity contribution is 0.355. The summed E-state index contributed by atoms with van der Waals surface area (Å²) < 4.78 is 15.7. The topological polar surface area (TPSA) is 82.3 Å². The Bertz CT molecular complexity index is 774. The highest BCUT2D eigenvalue weighted by Gasteiger charge is 2.12. The van der Waals surface area contributed by atoms with E-state index in [4.69, 9.17) is 14.0 Å². The largest absolute Gasteiger partial charge is 0.493 e. The zero-order valence-electron chi connectivity index (χ0n) is 12.8. The lowest BCUT2D eigenvalue weighted by Gasteiger charge is -2.07. The Kier molecular flexibility index (Phi) is 4.37. The fraction of sp³-hybridized carbons (Fsp3) is 0.188. The zero-order valence-corrected chi connectivity index (χ0v) is 12.8. The number of pyridine rings is 1. The second-order valence-electron chi connectivity index (χ2n) is 4.67. The van der Waals surface area contributed by atoms with Gasteiger partial charge in [-0.25, -0.2) is 0 Å². The normalized spacial score (nSPS) is 10.3. The van der Waals surface area contributed by atoms with Gasteiger partial charge >= 0.3 is 6.01 Å². The maximum atomic E-state index is 5.28. The molecule has 0 radical (unpaired) electrons. The minimum absolute atomic E-state index is 0.334. The number of hydrogen-bond donors (Lipinski definition) is 1. The van der Waals surface area contributed by atoms with Gasteiger partial charge in [0.15, 0.2) is 11.5 Å². The van der Waals surface area contributed by atoms with Gasteiger partial charge < -0.3 is 19.3 Å². The smallest absolute Gasteiger partial charge is 0.322 e. The fourth-order valence-corrected chi connectivity index (χ4v) is 2.06. The van der Waals surface area contributed by atoms with Gasteiger partial charge in [-0.15, -0.1) is 0 Å². The van der Waals surface area contributed by atoms with Gasteiger partial charge in [-0.05, 0) is 30.3 Å². The van der Waals surface area contributed by atoms with Crippen LogP contribution in [0.1, 0.15) is 5.69 Å². The Morgan fingerprint density at radius 3 is 2.70 bits per heavy atom. The van der Waals surface area contributed by atoms with Crippen LogP contribution in [-0.4, -0.2) is 29.3 Å². The molecule has 0 aliphatic carbocycles. The van der Waals surface area contributed by atoms with Crippen molar-refractivity contribution in [1.82, 2.24) is 15.1 Å². The van der Waals surface area contributed by atoms with Crippen molar-refractivity contribution in [2.24, 2.45) is 0 Å². The summed E-state index contributed by atoms with van der Waals surface area (Å²) >= 11 is 0. The number of ether oxygens (including phenoxy) is 2. The van der Waals surface area contributed by atoms with E-state index >= 15 is 0 Å². The minimum Gasteiger partial charge on any atom is -0.493 e.